The van der Waals surface area contributed by atoms with Gasteiger partial charge in [-0.25, -0.2) is 4.79 Å². The lowest BCUT2D eigenvalue weighted by Gasteiger charge is -2.08. The Morgan fingerprint density at radius 3 is 2.50 bits per heavy atom. The molecule has 0 rings (SSSR count). The van der Waals surface area contributed by atoms with Gasteiger partial charge in [-0.2, -0.15) is 0 Å². The van der Waals surface area contributed by atoms with E-state index in [1.165, 1.54) is 0 Å². The summed E-state index contributed by atoms with van der Waals surface area (Å²) in [5, 5.41) is 4.63. The van der Waals surface area contributed by atoms with Gasteiger partial charge in [0.25, 0.3) is 0 Å². The number of hydrogen-bond donors (Lipinski definition) is 3. The molecule has 0 heterocycles. The maximum absolute atomic E-state index is 10.9. The van der Waals surface area contributed by atoms with E-state index in [0.29, 0.717) is 6.54 Å². The number of urea groups is 1. The highest BCUT2D eigenvalue weighted by molar-refractivity contribution is 7.84. The Kier molecular flexibility index (Phi) is 6.06. The first-order valence-electron chi connectivity index (χ1n) is 4.05. The largest absolute Gasteiger partial charge is 0.351 e. The molecule has 6 nitrogen and oxygen atoms in total. The zero-order valence-corrected chi connectivity index (χ0v) is 9.02. The standard InChI is InChI=1S/C7H15N3O3S/c1-5(14(2)13)3-9-4-6(11)10-7(8)12/h5,9H,3-4H2,1-2H3,(H3,8,10,11,12). The minimum absolute atomic E-state index is 0.00944. The Labute approximate surface area is 85.1 Å². The topological polar surface area (TPSA) is 101 Å². The van der Waals surface area contributed by atoms with Gasteiger partial charge in [0, 0.05) is 28.9 Å². The average Bonchev–Trinajstić information content (AvgIpc) is 2.02. The highest BCUT2D eigenvalue weighted by Crippen LogP contribution is 1.88. The van der Waals surface area contributed by atoms with Crippen LogP contribution in [-0.2, 0) is 15.6 Å². The van der Waals surface area contributed by atoms with Crippen molar-refractivity contribution in [2.75, 3.05) is 19.3 Å². The van der Waals surface area contributed by atoms with Crippen LogP contribution in [0.5, 0.6) is 0 Å². The Balaban J connectivity index is 3.59. The van der Waals surface area contributed by atoms with Gasteiger partial charge in [-0.3, -0.25) is 14.3 Å². The zero-order valence-electron chi connectivity index (χ0n) is 8.20. The number of nitrogens with one attached hydrogen (secondary N) is 2. The SMILES string of the molecule is CC(CNCC(=O)NC(N)=O)S(C)=O. The van der Waals surface area contributed by atoms with Crippen molar-refractivity contribution in [3.05, 3.63) is 0 Å². The summed E-state index contributed by atoms with van der Waals surface area (Å²) in [4.78, 5) is 21.1. The maximum Gasteiger partial charge on any atom is 0.318 e. The van der Waals surface area contributed by atoms with E-state index in [1.807, 2.05) is 5.32 Å². The quantitative estimate of drug-likeness (QED) is 0.528. The lowest BCUT2D eigenvalue weighted by molar-refractivity contribution is -0.119. The van der Waals surface area contributed by atoms with E-state index in [-0.39, 0.29) is 11.8 Å². The third-order valence-corrected chi connectivity index (χ3v) is 2.85. The van der Waals surface area contributed by atoms with Crippen LogP contribution >= 0.6 is 0 Å². The number of carbonyl (C=O) groups is 2. The molecule has 4 N–H and O–H groups in total. The molecule has 0 aromatic heterocycles. The predicted octanol–water partition coefficient (Wildman–Crippen LogP) is -1.46. The molecule has 7 heteroatoms. The van der Waals surface area contributed by atoms with E-state index in [0.717, 1.165) is 0 Å². The fraction of sp³-hybridized carbons (Fsp3) is 0.714. The summed E-state index contributed by atoms with van der Waals surface area (Å²) >= 11 is 0. The van der Waals surface area contributed by atoms with Crippen molar-refractivity contribution in [3.63, 3.8) is 0 Å². The summed E-state index contributed by atoms with van der Waals surface area (Å²) in [6, 6.07) is -0.871. The van der Waals surface area contributed by atoms with Gasteiger partial charge < -0.3 is 11.1 Å². The molecule has 0 aliphatic carbocycles. The molecule has 0 bridgehead atoms. The molecule has 0 aromatic rings. The van der Waals surface area contributed by atoms with Crippen molar-refractivity contribution in [2.24, 2.45) is 5.73 Å². The van der Waals surface area contributed by atoms with Crippen LogP contribution in [0.1, 0.15) is 6.92 Å². The van der Waals surface area contributed by atoms with E-state index in [4.69, 9.17) is 5.73 Å². The second kappa shape index (κ2) is 6.50. The number of rotatable bonds is 5. The van der Waals surface area contributed by atoms with Gasteiger partial charge in [-0.05, 0) is 6.92 Å². The van der Waals surface area contributed by atoms with Crippen molar-refractivity contribution in [2.45, 2.75) is 12.2 Å². The minimum atomic E-state index is -0.922. The summed E-state index contributed by atoms with van der Waals surface area (Å²) in [6.45, 7) is 2.24. The van der Waals surface area contributed by atoms with E-state index in [9.17, 15) is 13.8 Å². The van der Waals surface area contributed by atoms with Crippen LogP contribution in [-0.4, -0.2) is 40.7 Å². The Bertz CT molecular complexity index is 244. The van der Waals surface area contributed by atoms with Crippen LogP contribution < -0.4 is 16.4 Å². The molecule has 0 saturated carbocycles. The summed E-state index contributed by atoms with van der Waals surface area (Å²) < 4.78 is 10.9. The first-order chi connectivity index (χ1) is 6.43. The molecular weight excluding hydrogens is 206 g/mol. The molecule has 0 saturated heterocycles. The van der Waals surface area contributed by atoms with Gasteiger partial charge in [0.05, 0.1) is 6.54 Å². The molecule has 0 fully saturated rings. The Morgan fingerprint density at radius 2 is 2.07 bits per heavy atom. The molecule has 82 valence electrons. The lowest BCUT2D eigenvalue weighted by Crippen LogP contribution is -2.42. The van der Waals surface area contributed by atoms with E-state index < -0.39 is 22.7 Å². The number of primary amides is 1. The van der Waals surface area contributed by atoms with Gasteiger partial charge >= 0.3 is 6.03 Å². The molecule has 0 aliphatic rings. The first kappa shape index (κ1) is 13.1. The Hall–Kier alpha value is -0.950. The van der Waals surface area contributed by atoms with Gasteiger partial charge in [0.1, 0.15) is 0 Å². The number of imide groups is 1. The van der Waals surface area contributed by atoms with Crippen molar-refractivity contribution < 1.29 is 13.8 Å². The van der Waals surface area contributed by atoms with Crippen molar-refractivity contribution >= 4 is 22.7 Å². The normalized spacial score (nSPS) is 14.4. The fourth-order valence-corrected chi connectivity index (χ4v) is 1.04. The molecular formula is C7H15N3O3S. The van der Waals surface area contributed by atoms with Crippen LogP contribution in [0.15, 0.2) is 0 Å². The number of nitrogens with two attached hydrogens (primary N) is 1. The van der Waals surface area contributed by atoms with Crippen molar-refractivity contribution in [1.29, 1.82) is 0 Å². The molecule has 0 radical (unpaired) electrons. The number of carbonyl (C=O) groups excluding carboxylic acids is 2. The number of amides is 3. The van der Waals surface area contributed by atoms with Gasteiger partial charge in [0.15, 0.2) is 0 Å². The van der Waals surface area contributed by atoms with E-state index >= 15 is 0 Å². The number of hydrogen-bond acceptors (Lipinski definition) is 4. The third-order valence-electron chi connectivity index (χ3n) is 1.55. The third kappa shape index (κ3) is 6.55. The highest BCUT2D eigenvalue weighted by atomic mass is 32.2. The van der Waals surface area contributed by atoms with E-state index in [1.54, 1.807) is 13.2 Å². The molecule has 14 heavy (non-hydrogen) atoms. The highest BCUT2D eigenvalue weighted by Gasteiger charge is 2.07. The first-order valence-corrected chi connectivity index (χ1v) is 5.68. The summed E-state index contributed by atoms with van der Waals surface area (Å²) in [6.07, 6.45) is 1.59. The molecule has 0 aromatic carbocycles. The summed E-state index contributed by atoms with van der Waals surface area (Å²) in [5.41, 5.74) is 4.73. The van der Waals surface area contributed by atoms with Crippen molar-refractivity contribution in [3.8, 4) is 0 Å². The van der Waals surface area contributed by atoms with Crippen LogP contribution in [0.2, 0.25) is 0 Å². The van der Waals surface area contributed by atoms with E-state index in [2.05, 4.69) is 5.32 Å². The van der Waals surface area contributed by atoms with Gasteiger partial charge in [-0.1, -0.05) is 0 Å². The molecule has 0 aliphatic heterocycles. The van der Waals surface area contributed by atoms with Crippen LogP contribution in [0.4, 0.5) is 4.79 Å². The van der Waals surface area contributed by atoms with Crippen LogP contribution in [0.25, 0.3) is 0 Å². The fourth-order valence-electron chi connectivity index (χ4n) is 0.688. The molecule has 2 unspecified atom stereocenters. The molecule has 3 amide bonds. The minimum Gasteiger partial charge on any atom is -0.351 e. The van der Waals surface area contributed by atoms with Crippen LogP contribution in [0, 0.1) is 0 Å². The second-order valence-corrected chi connectivity index (χ2v) is 4.65. The monoisotopic (exact) mass is 221 g/mol. The average molecular weight is 221 g/mol. The zero-order chi connectivity index (χ0) is 11.1. The predicted molar refractivity (Wildman–Crippen MR) is 54.1 cm³/mol. The smallest absolute Gasteiger partial charge is 0.318 e. The Morgan fingerprint density at radius 1 is 1.50 bits per heavy atom. The summed E-state index contributed by atoms with van der Waals surface area (Å²) in [5.74, 6) is -0.494. The molecule has 2 atom stereocenters. The second-order valence-electron chi connectivity index (χ2n) is 2.85. The van der Waals surface area contributed by atoms with Gasteiger partial charge in [0.2, 0.25) is 5.91 Å². The summed E-state index contributed by atoms with van der Waals surface area (Å²) in [7, 11) is -0.922. The van der Waals surface area contributed by atoms with Crippen LogP contribution in [0.3, 0.4) is 0 Å². The lowest BCUT2D eigenvalue weighted by atomic mass is 10.4. The molecule has 0 spiro atoms. The van der Waals surface area contributed by atoms with Gasteiger partial charge in [-0.15, -0.1) is 0 Å². The maximum atomic E-state index is 10.9. The van der Waals surface area contributed by atoms with Crippen molar-refractivity contribution in [1.82, 2.24) is 10.6 Å².